The van der Waals surface area contributed by atoms with Crippen LogP contribution in [0.3, 0.4) is 0 Å². The zero-order valence-electron chi connectivity index (χ0n) is 7.64. The molecule has 1 fully saturated rings. The van der Waals surface area contributed by atoms with Crippen LogP contribution in [0, 0.1) is 0 Å². The van der Waals surface area contributed by atoms with Crippen molar-refractivity contribution in [3.63, 3.8) is 0 Å². The smallest absolute Gasteiger partial charge is 0.230 e. The maximum atomic E-state index is 11.1. The summed E-state index contributed by atoms with van der Waals surface area (Å²) in [6.45, 7) is 2.17. The first-order chi connectivity index (χ1) is 5.83. The van der Waals surface area contributed by atoms with Crippen molar-refractivity contribution in [2.24, 2.45) is 0 Å². The predicted molar refractivity (Wildman–Crippen MR) is 53.4 cm³/mol. The molecule has 0 aromatic carbocycles. The van der Waals surface area contributed by atoms with Gasteiger partial charge in [-0.05, 0) is 25.0 Å². The van der Waals surface area contributed by atoms with E-state index in [9.17, 15) is 4.79 Å². The Morgan fingerprint density at radius 2 is 2.33 bits per heavy atom. The summed E-state index contributed by atoms with van der Waals surface area (Å²) < 4.78 is 0. The number of rotatable bonds is 6. The van der Waals surface area contributed by atoms with Crippen LogP contribution in [0.1, 0.15) is 32.6 Å². The highest BCUT2D eigenvalue weighted by Gasteiger charge is 2.22. The SMILES string of the molecule is CCCCSCC(=O)NC1CC1. The Labute approximate surface area is 78.5 Å². The van der Waals surface area contributed by atoms with E-state index < -0.39 is 0 Å². The summed E-state index contributed by atoms with van der Waals surface area (Å²) >= 11 is 1.74. The number of hydrogen-bond donors (Lipinski definition) is 1. The molecule has 1 rings (SSSR count). The summed E-state index contributed by atoms with van der Waals surface area (Å²) in [6.07, 6.45) is 4.81. The molecule has 3 heteroatoms. The van der Waals surface area contributed by atoms with Crippen LogP contribution in [-0.2, 0) is 4.79 Å². The minimum Gasteiger partial charge on any atom is -0.353 e. The monoisotopic (exact) mass is 187 g/mol. The van der Waals surface area contributed by atoms with Gasteiger partial charge < -0.3 is 5.32 Å². The van der Waals surface area contributed by atoms with Crippen LogP contribution in [0.2, 0.25) is 0 Å². The first kappa shape index (κ1) is 9.90. The zero-order chi connectivity index (χ0) is 8.81. The molecule has 0 radical (unpaired) electrons. The molecule has 0 heterocycles. The second-order valence-corrected chi connectivity index (χ2v) is 4.35. The molecule has 0 aliphatic heterocycles. The van der Waals surface area contributed by atoms with Crippen molar-refractivity contribution in [3.8, 4) is 0 Å². The molecule has 1 saturated carbocycles. The second kappa shape index (κ2) is 5.46. The molecular formula is C9H17NOS. The molecule has 0 saturated heterocycles. The lowest BCUT2D eigenvalue weighted by atomic mass is 10.4. The average Bonchev–Trinajstić information content (AvgIpc) is 2.82. The van der Waals surface area contributed by atoms with E-state index in [1.165, 1.54) is 25.7 Å². The molecule has 0 atom stereocenters. The van der Waals surface area contributed by atoms with Crippen molar-refractivity contribution >= 4 is 17.7 Å². The number of unbranched alkanes of at least 4 members (excludes halogenated alkanes) is 1. The van der Waals surface area contributed by atoms with E-state index in [-0.39, 0.29) is 5.91 Å². The third-order valence-corrected chi connectivity index (χ3v) is 2.86. The average molecular weight is 187 g/mol. The van der Waals surface area contributed by atoms with Crippen LogP contribution in [0.15, 0.2) is 0 Å². The Hall–Kier alpha value is -0.180. The summed E-state index contributed by atoms with van der Waals surface area (Å²) in [5, 5.41) is 2.97. The molecule has 0 unspecified atom stereocenters. The molecule has 2 nitrogen and oxygen atoms in total. The number of thioether (sulfide) groups is 1. The lowest BCUT2D eigenvalue weighted by molar-refractivity contribution is -0.118. The highest BCUT2D eigenvalue weighted by Crippen LogP contribution is 2.18. The molecular weight excluding hydrogens is 170 g/mol. The Morgan fingerprint density at radius 1 is 1.58 bits per heavy atom. The second-order valence-electron chi connectivity index (χ2n) is 3.25. The minimum absolute atomic E-state index is 0.221. The summed E-state index contributed by atoms with van der Waals surface area (Å²) in [5.74, 6) is 1.99. The van der Waals surface area contributed by atoms with E-state index in [2.05, 4.69) is 12.2 Å². The molecule has 1 amide bonds. The van der Waals surface area contributed by atoms with Gasteiger partial charge in [-0.3, -0.25) is 4.79 Å². The Kier molecular flexibility index (Phi) is 4.51. The molecule has 0 aromatic rings. The molecule has 1 aliphatic rings. The fraction of sp³-hybridized carbons (Fsp3) is 0.889. The molecule has 12 heavy (non-hydrogen) atoms. The van der Waals surface area contributed by atoms with Crippen molar-refractivity contribution in [1.29, 1.82) is 0 Å². The first-order valence-electron chi connectivity index (χ1n) is 4.70. The van der Waals surface area contributed by atoms with Crippen molar-refractivity contribution in [3.05, 3.63) is 0 Å². The summed E-state index contributed by atoms with van der Waals surface area (Å²) in [6, 6.07) is 0.518. The van der Waals surface area contributed by atoms with Crippen LogP contribution in [0.5, 0.6) is 0 Å². The van der Waals surface area contributed by atoms with Gasteiger partial charge in [0.2, 0.25) is 5.91 Å². The van der Waals surface area contributed by atoms with Crippen LogP contribution in [0.25, 0.3) is 0 Å². The standard InChI is InChI=1S/C9H17NOS/c1-2-3-6-12-7-9(11)10-8-4-5-8/h8H,2-7H2,1H3,(H,10,11). The first-order valence-corrected chi connectivity index (χ1v) is 5.85. The summed E-state index contributed by atoms with van der Waals surface area (Å²) in [5.41, 5.74) is 0. The van der Waals surface area contributed by atoms with E-state index in [4.69, 9.17) is 0 Å². The van der Waals surface area contributed by atoms with E-state index in [1.54, 1.807) is 11.8 Å². The lowest BCUT2D eigenvalue weighted by Gasteiger charge is -2.01. The van der Waals surface area contributed by atoms with Gasteiger partial charge in [0.05, 0.1) is 5.75 Å². The van der Waals surface area contributed by atoms with Gasteiger partial charge in [-0.25, -0.2) is 0 Å². The zero-order valence-corrected chi connectivity index (χ0v) is 8.45. The van der Waals surface area contributed by atoms with Gasteiger partial charge in [0.25, 0.3) is 0 Å². The largest absolute Gasteiger partial charge is 0.353 e. The van der Waals surface area contributed by atoms with Crippen molar-refractivity contribution in [2.75, 3.05) is 11.5 Å². The van der Waals surface area contributed by atoms with E-state index in [1.807, 2.05) is 0 Å². The maximum Gasteiger partial charge on any atom is 0.230 e. The summed E-state index contributed by atoms with van der Waals surface area (Å²) in [4.78, 5) is 11.1. The van der Waals surface area contributed by atoms with E-state index in [0.29, 0.717) is 11.8 Å². The minimum atomic E-state index is 0.221. The maximum absolute atomic E-state index is 11.1. The Morgan fingerprint density at radius 3 is 2.92 bits per heavy atom. The van der Waals surface area contributed by atoms with Gasteiger partial charge in [-0.1, -0.05) is 13.3 Å². The fourth-order valence-corrected chi connectivity index (χ4v) is 1.81. The summed E-state index contributed by atoms with van der Waals surface area (Å²) in [7, 11) is 0. The fourth-order valence-electron chi connectivity index (χ4n) is 0.908. The van der Waals surface area contributed by atoms with Gasteiger partial charge in [-0.15, -0.1) is 0 Å². The topological polar surface area (TPSA) is 29.1 Å². The van der Waals surface area contributed by atoms with Gasteiger partial charge in [0, 0.05) is 6.04 Å². The molecule has 1 N–H and O–H groups in total. The quantitative estimate of drug-likeness (QED) is 0.642. The van der Waals surface area contributed by atoms with Crippen LogP contribution in [-0.4, -0.2) is 23.5 Å². The van der Waals surface area contributed by atoms with Crippen molar-refractivity contribution in [2.45, 2.75) is 38.6 Å². The molecule has 0 spiro atoms. The highest BCUT2D eigenvalue weighted by atomic mass is 32.2. The third kappa shape index (κ3) is 4.65. The highest BCUT2D eigenvalue weighted by molar-refractivity contribution is 7.99. The van der Waals surface area contributed by atoms with Crippen LogP contribution < -0.4 is 5.32 Å². The normalized spacial score (nSPS) is 16.1. The lowest BCUT2D eigenvalue weighted by Crippen LogP contribution is -2.27. The van der Waals surface area contributed by atoms with E-state index >= 15 is 0 Å². The van der Waals surface area contributed by atoms with Crippen molar-refractivity contribution in [1.82, 2.24) is 5.32 Å². The van der Waals surface area contributed by atoms with Gasteiger partial charge in [0.1, 0.15) is 0 Å². The van der Waals surface area contributed by atoms with Gasteiger partial charge >= 0.3 is 0 Å². The van der Waals surface area contributed by atoms with Gasteiger partial charge in [0.15, 0.2) is 0 Å². The van der Waals surface area contributed by atoms with Crippen LogP contribution >= 0.6 is 11.8 Å². The molecule has 0 bridgehead atoms. The Balaban J connectivity index is 1.87. The number of amides is 1. The molecule has 70 valence electrons. The number of nitrogens with one attached hydrogen (secondary N) is 1. The number of hydrogen-bond acceptors (Lipinski definition) is 2. The van der Waals surface area contributed by atoms with Crippen LogP contribution in [0.4, 0.5) is 0 Å². The third-order valence-electron chi connectivity index (χ3n) is 1.82. The van der Waals surface area contributed by atoms with Crippen molar-refractivity contribution < 1.29 is 4.79 Å². The van der Waals surface area contributed by atoms with E-state index in [0.717, 1.165) is 5.75 Å². The molecule has 0 aromatic heterocycles. The van der Waals surface area contributed by atoms with Gasteiger partial charge in [-0.2, -0.15) is 11.8 Å². The predicted octanol–water partition coefficient (Wildman–Crippen LogP) is 1.80. The number of carbonyl (C=O) groups excluding carboxylic acids is 1. The Bertz CT molecular complexity index is 145. The molecule has 1 aliphatic carbocycles. The number of carbonyl (C=O) groups is 1.